The second-order valence-corrected chi connectivity index (χ2v) is 4.99. The van der Waals surface area contributed by atoms with Gasteiger partial charge in [-0.05, 0) is 20.3 Å². The maximum Gasteiger partial charge on any atom is 0.267 e. The topological polar surface area (TPSA) is 108 Å². The van der Waals surface area contributed by atoms with Crippen molar-refractivity contribution >= 4 is 5.91 Å². The normalized spacial score (nSPS) is 12.3. The Morgan fingerprint density at radius 1 is 1.48 bits per heavy atom. The lowest BCUT2D eigenvalue weighted by Crippen LogP contribution is -2.31. The Morgan fingerprint density at radius 3 is 2.86 bits per heavy atom. The number of carbonyl (C=O) groups excluding carboxylic acids is 1. The fraction of sp³-hybridized carbons (Fsp3) is 0.538. The zero-order chi connectivity index (χ0) is 15.4. The van der Waals surface area contributed by atoms with E-state index in [1.807, 2.05) is 6.92 Å². The average Bonchev–Trinajstić information content (AvgIpc) is 3.01. The number of rotatable bonds is 6. The quantitative estimate of drug-likeness (QED) is 0.717. The van der Waals surface area contributed by atoms with E-state index < -0.39 is 0 Å². The van der Waals surface area contributed by atoms with Crippen LogP contribution in [0.1, 0.15) is 43.4 Å². The summed E-state index contributed by atoms with van der Waals surface area (Å²) in [6.45, 7) is 6.41. The molecule has 1 atom stereocenters. The molecule has 0 radical (unpaired) electrons. The number of aromatic amines is 2. The molecule has 8 heteroatoms. The average molecular weight is 292 g/mol. The standard InChI is InChI=1S/C13H20N6O2/c1-4-5-19-12(14-7-15-19)9(3)16-11(20)6-10-8(2)17-18-13(10)21/h7,9H,4-6H2,1-3H3,(H,16,20)(H2,17,18,21). The third kappa shape index (κ3) is 3.39. The van der Waals surface area contributed by atoms with E-state index in [4.69, 9.17) is 0 Å². The molecule has 2 heterocycles. The van der Waals surface area contributed by atoms with Crippen LogP contribution in [0, 0.1) is 6.92 Å². The summed E-state index contributed by atoms with van der Waals surface area (Å²) < 4.78 is 1.78. The molecule has 3 N–H and O–H groups in total. The van der Waals surface area contributed by atoms with E-state index >= 15 is 0 Å². The molecule has 0 aliphatic heterocycles. The summed E-state index contributed by atoms with van der Waals surface area (Å²) in [4.78, 5) is 27.8. The minimum atomic E-state index is -0.260. The maximum atomic E-state index is 12.1. The number of carbonyl (C=O) groups is 1. The Balaban J connectivity index is 2.02. The molecule has 114 valence electrons. The second-order valence-electron chi connectivity index (χ2n) is 4.99. The fourth-order valence-corrected chi connectivity index (χ4v) is 2.19. The van der Waals surface area contributed by atoms with Crippen molar-refractivity contribution in [2.75, 3.05) is 0 Å². The van der Waals surface area contributed by atoms with E-state index in [9.17, 15) is 9.59 Å². The van der Waals surface area contributed by atoms with Gasteiger partial charge in [-0.1, -0.05) is 6.92 Å². The van der Waals surface area contributed by atoms with Crippen LogP contribution in [0.5, 0.6) is 0 Å². The lowest BCUT2D eigenvalue weighted by Gasteiger charge is -2.14. The van der Waals surface area contributed by atoms with Crippen LogP contribution in [0.25, 0.3) is 0 Å². The highest BCUT2D eigenvalue weighted by Gasteiger charge is 2.17. The van der Waals surface area contributed by atoms with Crippen LogP contribution in [0.15, 0.2) is 11.1 Å². The number of nitrogens with zero attached hydrogens (tertiary/aromatic N) is 3. The molecule has 1 unspecified atom stereocenters. The predicted molar refractivity (Wildman–Crippen MR) is 76.7 cm³/mol. The summed E-state index contributed by atoms with van der Waals surface area (Å²) in [5.41, 5.74) is 0.871. The van der Waals surface area contributed by atoms with Gasteiger partial charge in [0.15, 0.2) is 0 Å². The lowest BCUT2D eigenvalue weighted by molar-refractivity contribution is -0.121. The van der Waals surface area contributed by atoms with Gasteiger partial charge in [0.05, 0.1) is 12.5 Å². The fourth-order valence-electron chi connectivity index (χ4n) is 2.19. The number of aromatic nitrogens is 5. The molecule has 0 aliphatic rings. The summed E-state index contributed by atoms with van der Waals surface area (Å²) in [5, 5.41) is 12.1. The van der Waals surface area contributed by atoms with Crippen molar-refractivity contribution < 1.29 is 4.79 Å². The molecule has 1 amide bonds. The first-order valence-corrected chi connectivity index (χ1v) is 6.96. The first-order chi connectivity index (χ1) is 10.0. The van der Waals surface area contributed by atoms with Gasteiger partial charge in [0.2, 0.25) is 5.91 Å². The van der Waals surface area contributed by atoms with E-state index in [0.29, 0.717) is 17.1 Å². The highest BCUT2D eigenvalue weighted by Crippen LogP contribution is 2.09. The molecule has 0 fully saturated rings. The molecule has 2 rings (SSSR count). The van der Waals surface area contributed by atoms with Gasteiger partial charge in [-0.3, -0.25) is 14.7 Å². The molecule has 21 heavy (non-hydrogen) atoms. The van der Waals surface area contributed by atoms with Crippen LogP contribution in [0.2, 0.25) is 0 Å². The third-order valence-electron chi connectivity index (χ3n) is 3.27. The number of aryl methyl sites for hydroxylation is 2. The zero-order valence-corrected chi connectivity index (χ0v) is 12.4. The van der Waals surface area contributed by atoms with Crippen LogP contribution in [-0.4, -0.2) is 30.9 Å². The summed E-state index contributed by atoms with van der Waals surface area (Å²) >= 11 is 0. The maximum absolute atomic E-state index is 12.1. The Labute approximate surface area is 122 Å². The van der Waals surface area contributed by atoms with Crippen LogP contribution in [0.3, 0.4) is 0 Å². The zero-order valence-electron chi connectivity index (χ0n) is 12.4. The molecular formula is C13H20N6O2. The van der Waals surface area contributed by atoms with Crippen molar-refractivity contribution in [1.29, 1.82) is 0 Å². The number of amides is 1. The predicted octanol–water partition coefficient (Wildman–Crippen LogP) is 0.433. The van der Waals surface area contributed by atoms with Gasteiger partial charge in [0, 0.05) is 17.8 Å². The molecule has 8 nitrogen and oxygen atoms in total. The van der Waals surface area contributed by atoms with E-state index in [1.54, 1.807) is 11.6 Å². The number of hydrogen-bond donors (Lipinski definition) is 3. The minimum Gasteiger partial charge on any atom is -0.346 e. The van der Waals surface area contributed by atoms with Crippen LogP contribution in [-0.2, 0) is 17.8 Å². The summed E-state index contributed by atoms with van der Waals surface area (Å²) in [7, 11) is 0. The Hall–Kier alpha value is -2.38. The molecule has 0 aliphatic carbocycles. The summed E-state index contributed by atoms with van der Waals surface area (Å²) in [6, 6.07) is -0.259. The van der Waals surface area contributed by atoms with Gasteiger partial charge in [-0.2, -0.15) is 5.10 Å². The molecule has 0 saturated heterocycles. The third-order valence-corrected chi connectivity index (χ3v) is 3.27. The molecule has 0 bridgehead atoms. The largest absolute Gasteiger partial charge is 0.346 e. The Morgan fingerprint density at radius 2 is 2.24 bits per heavy atom. The lowest BCUT2D eigenvalue weighted by atomic mass is 10.1. The Bertz CT molecular complexity index is 668. The van der Waals surface area contributed by atoms with Crippen molar-refractivity contribution in [2.24, 2.45) is 0 Å². The molecule has 0 aromatic carbocycles. The van der Waals surface area contributed by atoms with Crippen molar-refractivity contribution in [3.63, 3.8) is 0 Å². The smallest absolute Gasteiger partial charge is 0.267 e. The van der Waals surface area contributed by atoms with Crippen molar-refractivity contribution in [2.45, 2.75) is 46.2 Å². The highest BCUT2D eigenvalue weighted by molar-refractivity contribution is 5.79. The van der Waals surface area contributed by atoms with Gasteiger partial charge in [0.1, 0.15) is 12.2 Å². The van der Waals surface area contributed by atoms with Gasteiger partial charge >= 0.3 is 0 Å². The van der Waals surface area contributed by atoms with Crippen LogP contribution < -0.4 is 10.9 Å². The number of H-pyrrole nitrogens is 2. The summed E-state index contributed by atoms with van der Waals surface area (Å²) in [6.07, 6.45) is 2.46. The Kier molecular flexibility index (Phi) is 4.56. The van der Waals surface area contributed by atoms with Gasteiger partial charge < -0.3 is 10.4 Å². The molecule has 2 aromatic heterocycles. The van der Waals surface area contributed by atoms with Gasteiger partial charge in [-0.25, -0.2) is 9.67 Å². The first-order valence-electron chi connectivity index (χ1n) is 6.96. The molecular weight excluding hydrogens is 272 g/mol. The van der Waals surface area contributed by atoms with Crippen molar-refractivity contribution in [1.82, 2.24) is 30.3 Å². The second kappa shape index (κ2) is 6.38. The van der Waals surface area contributed by atoms with E-state index in [-0.39, 0.29) is 23.9 Å². The minimum absolute atomic E-state index is 0.0386. The number of hydrogen-bond acceptors (Lipinski definition) is 4. The summed E-state index contributed by atoms with van der Waals surface area (Å²) in [5.74, 6) is 0.492. The molecule has 0 spiro atoms. The van der Waals surface area contributed by atoms with E-state index in [2.05, 4.69) is 32.5 Å². The van der Waals surface area contributed by atoms with Crippen LogP contribution >= 0.6 is 0 Å². The first kappa shape index (κ1) is 15.0. The molecule has 2 aromatic rings. The monoisotopic (exact) mass is 292 g/mol. The van der Waals surface area contributed by atoms with Crippen molar-refractivity contribution in [3.8, 4) is 0 Å². The van der Waals surface area contributed by atoms with E-state index in [0.717, 1.165) is 13.0 Å². The number of nitrogens with one attached hydrogen (secondary N) is 3. The van der Waals surface area contributed by atoms with Gasteiger partial charge in [-0.15, -0.1) is 0 Å². The highest BCUT2D eigenvalue weighted by atomic mass is 16.2. The SMILES string of the molecule is CCCn1ncnc1C(C)NC(=O)Cc1c(C)[nH][nH]c1=O. The van der Waals surface area contributed by atoms with Crippen LogP contribution in [0.4, 0.5) is 0 Å². The van der Waals surface area contributed by atoms with Gasteiger partial charge in [0.25, 0.3) is 5.56 Å². The van der Waals surface area contributed by atoms with Crippen molar-refractivity contribution in [3.05, 3.63) is 33.8 Å². The van der Waals surface area contributed by atoms with E-state index in [1.165, 1.54) is 6.33 Å². The molecule has 0 saturated carbocycles.